The molecule has 0 radical (unpaired) electrons. The maximum Gasteiger partial charge on any atom is 0.337 e. The van der Waals surface area contributed by atoms with Gasteiger partial charge in [0.25, 0.3) is 0 Å². The SMILES string of the molecule is COC(=O)c1ccc(-c2ccc3c(c2)C(Nc2ccccn2)CC(C)N3C(C)=O)cc1. The Kier molecular flexibility index (Phi) is 5.71. The van der Waals surface area contributed by atoms with E-state index in [1.54, 1.807) is 25.3 Å². The minimum absolute atomic E-state index is 0.0183. The Morgan fingerprint density at radius 2 is 1.81 bits per heavy atom. The number of pyridine rings is 1. The molecule has 158 valence electrons. The molecule has 2 unspecified atom stereocenters. The van der Waals surface area contributed by atoms with Crippen LogP contribution < -0.4 is 10.2 Å². The number of carbonyl (C=O) groups excluding carboxylic acids is 2. The lowest BCUT2D eigenvalue weighted by atomic mass is 9.89. The Balaban J connectivity index is 1.74. The predicted molar refractivity (Wildman–Crippen MR) is 121 cm³/mol. The molecule has 1 aliphatic heterocycles. The Hall–Kier alpha value is -3.67. The van der Waals surface area contributed by atoms with Gasteiger partial charge in [0.15, 0.2) is 0 Å². The highest BCUT2D eigenvalue weighted by Crippen LogP contribution is 2.41. The summed E-state index contributed by atoms with van der Waals surface area (Å²) < 4.78 is 4.78. The van der Waals surface area contributed by atoms with E-state index in [2.05, 4.69) is 23.3 Å². The van der Waals surface area contributed by atoms with Crippen molar-refractivity contribution in [3.63, 3.8) is 0 Å². The lowest BCUT2D eigenvalue weighted by Crippen LogP contribution is -2.43. The van der Waals surface area contributed by atoms with E-state index in [9.17, 15) is 9.59 Å². The average Bonchev–Trinajstić information content (AvgIpc) is 2.79. The quantitative estimate of drug-likeness (QED) is 0.618. The summed E-state index contributed by atoms with van der Waals surface area (Å²) in [6.45, 7) is 3.67. The molecule has 0 saturated heterocycles. The normalized spacial score (nSPS) is 17.6. The number of fused-ring (bicyclic) bond motifs is 1. The van der Waals surface area contributed by atoms with Gasteiger partial charge in [-0.2, -0.15) is 0 Å². The lowest BCUT2D eigenvalue weighted by Gasteiger charge is -2.39. The number of nitrogens with zero attached hydrogens (tertiary/aromatic N) is 2. The molecule has 2 heterocycles. The number of benzene rings is 2. The molecule has 0 saturated carbocycles. The van der Waals surface area contributed by atoms with E-state index >= 15 is 0 Å². The monoisotopic (exact) mass is 415 g/mol. The molecule has 2 atom stereocenters. The van der Waals surface area contributed by atoms with Gasteiger partial charge in [-0.3, -0.25) is 4.79 Å². The molecule has 1 aliphatic rings. The number of esters is 1. The Bertz CT molecular complexity index is 1100. The van der Waals surface area contributed by atoms with Crippen molar-refractivity contribution in [3.05, 3.63) is 78.0 Å². The third kappa shape index (κ3) is 4.14. The summed E-state index contributed by atoms with van der Waals surface area (Å²) in [4.78, 5) is 30.4. The first-order valence-electron chi connectivity index (χ1n) is 10.3. The van der Waals surface area contributed by atoms with Crippen molar-refractivity contribution in [1.82, 2.24) is 4.98 Å². The molecule has 1 N–H and O–H groups in total. The molecular weight excluding hydrogens is 390 g/mol. The van der Waals surface area contributed by atoms with Crippen LogP contribution in [0.1, 0.15) is 42.2 Å². The highest BCUT2D eigenvalue weighted by molar-refractivity contribution is 5.94. The van der Waals surface area contributed by atoms with Crippen LogP contribution in [0, 0.1) is 0 Å². The molecule has 4 rings (SSSR count). The number of anilines is 2. The topological polar surface area (TPSA) is 71.5 Å². The van der Waals surface area contributed by atoms with Crippen LogP contribution >= 0.6 is 0 Å². The third-order valence-corrected chi connectivity index (χ3v) is 5.65. The zero-order valence-electron chi connectivity index (χ0n) is 17.8. The summed E-state index contributed by atoms with van der Waals surface area (Å²) in [7, 11) is 1.37. The van der Waals surface area contributed by atoms with E-state index in [1.165, 1.54) is 7.11 Å². The van der Waals surface area contributed by atoms with Crippen LogP contribution in [-0.2, 0) is 9.53 Å². The van der Waals surface area contributed by atoms with Gasteiger partial charge in [0.05, 0.1) is 18.7 Å². The fourth-order valence-corrected chi connectivity index (χ4v) is 4.20. The van der Waals surface area contributed by atoms with E-state index in [0.717, 1.165) is 34.6 Å². The molecule has 1 amide bonds. The molecule has 0 fully saturated rings. The summed E-state index contributed by atoms with van der Waals surface area (Å²) in [5.41, 5.74) is 4.47. The van der Waals surface area contributed by atoms with Crippen molar-refractivity contribution in [3.8, 4) is 11.1 Å². The van der Waals surface area contributed by atoms with E-state index in [0.29, 0.717) is 5.56 Å². The number of hydrogen-bond acceptors (Lipinski definition) is 5. The summed E-state index contributed by atoms with van der Waals surface area (Å²) in [5.74, 6) is 0.470. The van der Waals surface area contributed by atoms with Crippen molar-refractivity contribution in [2.45, 2.75) is 32.4 Å². The highest BCUT2D eigenvalue weighted by Gasteiger charge is 2.32. The minimum Gasteiger partial charge on any atom is -0.465 e. The molecule has 0 spiro atoms. The standard InChI is InChI=1S/C25H25N3O3/c1-16-14-22(27-24-6-4-5-13-26-24)21-15-20(11-12-23(21)28(16)17(2)29)18-7-9-19(10-8-18)25(30)31-3/h4-13,15-16,22H,14H2,1-3H3,(H,26,27). The second-order valence-corrected chi connectivity index (χ2v) is 7.73. The van der Waals surface area contributed by atoms with E-state index in [1.807, 2.05) is 47.4 Å². The van der Waals surface area contributed by atoms with Gasteiger partial charge in [0.1, 0.15) is 5.82 Å². The number of carbonyl (C=O) groups is 2. The van der Waals surface area contributed by atoms with Crippen LogP contribution in [0.2, 0.25) is 0 Å². The van der Waals surface area contributed by atoms with Gasteiger partial charge in [-0.15, -0.1) is 0 Å². The van der Waals surface area contributed by atoms with Crippen molar-refractivity contribution in [2.75, 3.05) is 17.3 Å². The summed E-state index contributed by atoms with van der Waals surface area (Å²) >= 11 is 0. The molecule has 6 heteroatoms. The fraction of sp³-hybridized carbons (Fsp3) is 0.240. The first-order valence-corrected chi connectivity index (χ1v) is 10.3. The maximum absolute atomic E-state index is 12.4. The van der Waals surface area contributed by atoms with Gasteiger partial charge in [-0.1, -0.05) is 24.3 Å². The molecule has 2 aromatic carbocycles. The third-order valence-electron chi connectivity index (χ3n) is 5.65. The van der Waals surface area contributed by atoms with Crippen molar-refractivity contribution >= 4 is 23.4 Å². The number of amides is 1. The van der Waals surface area contributed by atoms with Gasteiger partial charge in [-0.25, -0.2) is 9.78 Å². The van der Waals surface area contributed by atoms with Crippen molar-refractivity contribution in [2.24, 2.45) is 0 Å². The van der Waals surface area contributed by atoms with Gasteiger partial charge in [0.2, 0.25) is 5.91 Å². The maximum atomic E-state index is 12.4. The molecule has 0 aliphatic carbocycles. The van der Waals surface area contributed by atoms with Crippen LogP contribution in [0.15, 0.2) is 66.9 Å². The first kappa shape index (κ1) is 20.6. The average molecular weight is 415 g/mol. The number of ether oxygens (including phenoxy) is 1. The van der Waals surface area contributed by atoms with Crippen LogP contribution in [0.25, 0.3) is 11.1 Å². The van der Waals surface area contributed by atoms with Crippen molar-refractivity contribution < 1.29 is 14.3 Å². The Labute approximate surface area is 181 Å². The number of nitrogens with one attached hydrogen (secondary N) is 1. The van der Waals surface area contributed by atoms with Crippen LogP contribution in [0.3, 0.4) is 0 Å². The number of rotatable bonds is 4. The number of methoxy groups -OCH3 is 1. The van der Waals surface area contributed by atoms with Gasteiger partial charge < -0.3 is 15.0 Å². The molecule has 1 aromatic heterocycles. The second kappa shape index (κ2) is 8.60. The largest absolute Gasteiger partial charge is 0.465 e. The smallest absolute Gasteiger partial charge is 0.337 e. The van der Waals surface area contributed by atoms with Gasteiger partial charge >= 0.3 is 5.97 Å². The Morgan fingerprint density at radius 3 is 2.45 bits per heavy atom. The second-order valence-electron chi connectivity index (χ2n) is 7.73. The molecule has 6 nitrogen and oxygen atoms in total. The fourth-order valence-electron chi connectivity index (χ4n) is 4.20. The van der Waals surface area contributed by atoms with Crippen LogP contribution in [0.4, 0.5) is 11.5 Å². The molecule has 31 heavy (non-hydrogen) atoms. The first-order chi connectivity index (χ1) is 15.0. The predicted octanol–water partition coefficient (Wildman–Crippen LogP) is 4.83. The summed E-state index contributed by atoms with van der Waals surface area (Å²) in [5, 5.41) is 3.53. The van der Waals surface area contributed by atoms with Crippen LogP contribution in [0.5, 0.6) is 0 Å². The molecule has 3 aromatic rings. The highest BCUT2D eigenvalue weighted by atomic mass is 16.5. The van der Waals surface area contributed by atoms with Crippen LogP contribution in [-0.4, -0.2) is 30.0 Å². The summed E-state index contributed by atoms with van der Waals surface area (Å²) in [6, 6.07) is 19.3. The van der Waals surface area contributed by atoms with Gasteiger partial charge in [-0.05, 0) is 66.4 Å². The van der Waals surface area contributed by atoms with E-state index < -0.39 is 0 Å². The molecular formula is C25H25N3O3. The number of hydrogen-bond donors (Lipinski definition) is 1. The van der Waals surface area contributed by atoms with E-state index in [4.69, 9.17) is 4.74 Å². The minimum atomic E-state index is -0.359. The zero-order valence-corrected chi connectivity index (χ0v) is 17.8. The molecule has 0 bridgehead atoms. The zero-order chi connectivity index (χ0) is 22.0. The van der Waals surface area contributed by atoms with E-state index in [-0.39, 0.29) is 24.0 Å². The van der Waals surface area contributed by atoms with Crippen molar-refractivity contribution in [1.29, 1.82) is 0 Å². The lowest BCUT2D eigenvalue weighted by molar-refractivity contribution is -0.117. The summed E-state index contributed by atoms with van der Waals surface area (Å²) in [6.07, 6.45) is 2.53. The Morgan fingerprint density at radius 1 is 1.06 bits per heavy atom. The van der Waals surface area contributed by atoms with Gasteiger partial charge in [0, 0.05) is 24.8 Å². The number of aromatic nitrogens is 1.